The largest absolute Gasteiger partial charge is 0.383 e. The standard InChI is InChI=1S/C16H25N3O2/c1-13-6-5-9-16(11-13,18(2)3)12-17-14-7-4-8-15(10-14)19(20)21/h4,7-8,10,13,17H,5-6,9,11-12H2,1-3H3. The number of hydrogen-bond donors (Lipinski definition) is 1. The monoisotopic (exact) mass is 291 g/mol. The Morgan fingerprint density at radius 2 is 2.24 bits per heavy atom. The van der Waals surface area contributed by atoms with E-state index in [1.165, 1.54) is 31.7 Å². The molecule has 21 heavy (non-hydrogen) atoms. The van der Waals surface area contributed by atoms with Crippen LogP contribution in [0.3, 0.4) is 0 Å². The smallest absolute Gasteiger partial charge is 0.271 e. The summed E-state index contributed by atoms with van der Waals surface area (Å²) in [7, 11) is 4.26. The maximum absolute atomic E-state index is 10.8. The van der Waals surface area contributed by atoms with E-state index in [4.69, 9.17) is 0 Å². The molecule has 1 N–H and O–H groups in total. The van der Waals surface area contributed by atoms with E-state index in [0.29, 0.717) is 0 Å². The average Bonchev–Trinajstić information content (AvgIpc) is 2.45. The Bertz CT molecular complexity index is 504. The van der Waals surface area contributed by atoms with Gasteiger partial charge in [-0.15, -0.1) is 0 Å². The molecule has 116 valence electrons. The van der Waals surface area contributed by atoms with Gasteiger partial charge in [0.2, 0.25) is 0 Å². The molecule has 0 spiro atoms. The highest BCUT2D eigenvalue weighted by atomic mass is 16.6. The third-order valence-electron chi connectivity index (χ3n) is 4.69. The lowest BCUT2D eigenvalue weighted by atomic mass is 9.75. The van der Waals surface area contributed by atoms with Crippen molar-refractivity contribution in [2.45, 2.75) is 38.1 Å². The molecule has 0 radical (unpaired) electrons. The number of hydrogen-bond acceptors (Lipinski definition) is 4. The van der Waals surface area contributed by atoms with Gasteiger partial charge in [0.1, 0.15) is 0 Å². The average molecular weight is 291 g/mol. The predicted octanol–water partition coefficient (Wildman–Crippen LogP) is 3.52. The van der Waals surface area contributed by atoms with Crippen LogP contribution in [0.5, 0.6) is 0 Å². The summed E-state index contributed by atoms with van der Waals surface area (Å²) in [5, 5.41) is 14.2. The molecule has 5 heteroatoms. The van der Waals surface area contributed by atoms with Gasteiger partial charge in [0.05, 0.1) is 4.92 Å². The third-order valence-corrected chi connectivity index (χ3v) is 4.69. The van der Waals surface area contributed by atoms with Crippen LogP contribution in [0, 0.1) is 16.0 Å². The molecule has 0 bridgehead atoms. The zero-order valence-electron chi connectivity index (χ0n) is 13.1. The predicted molar refractivity (Wildman–Crippen MR) is 85.6 cm³/mol. The topological polar surface area (TPSA) is 58.4 Å². The SMILES string of the molecule is CC1CCCC(CNc2cccc([N+](=O)[O-])c2)(N(C)C)C1. The molecule has 1 aromatic carbocycles. The van der Waals surface area contributed by atoms with Crippen molar-refractivity contribution in [3.8, 4) is 0 Å². The van der Waals surface area contributed by atoms with E-state index in [2.05, 4.69) is 31.2 Å². The summed E-state index contributed by atoms with van der Waals surface area (Å²) < 4.78 is 0. The molecule has 2 unspecified atom stereocenters. The van der Waals surface area contributed by atoms with Gasteiger partial charge in [0, 0.05) is 29.9 Å². The Kier molecular flexibility index (Phi) is 4.83. The summed E-state index contributed by atoms with van der Waals surface area (Å²) in [5.74, 6) is 0.730. The second-order valence-corrected chi connectivity index (χ2v) is 6.48. The van der Waals surface area contributed by atoms with Gasteiger partial charge in [0.25, 0.3) is 5.69 Å². The Balaban J connectivity index is 2.08. The second kappa shape index (κ2) is 6.43. The van der Waals surface area contributed by atoms with Crippen molar-refractivity contribution >= 4 is 11.4 Å². The first kappa shape index (κ1) is 15.8. The molecule has 1 aliphatic carbocycles. The summed E-state index contributed by atoms with van der Waals surface area (Å²) in [6, 6.07) is 6.75. The lowest BCUT2D eigenvalue weighted by molar-refractivity contribution is -0.384. The van der Waals surface area contributed by atoms with E-state index in [1.807, 2.05) is 6.07 Å². The summed E-state index contributed by atoms with van der Waals surface area (Å²) in [6.07, 6.45) is 4.89. The number of nitro groups is 1. The number of likely N-dealkylation sites (N-methyl/N-ethyl adjacent to an activating group) is 1. The molecule has 1 saturated carbocycles. The minimum Gasteiger partial charge on any atom is -0.383 e. The fourth-order valence-corrected chi connectivity index (χ4v) is 3.35. The summed E-state index contributed by atoms with van der Waals surface area (Å²) in [6.45, 7) is 3.14. The maximum atomic E-state index is 10.8. The third kappa shape index (κ3) is 3.73. The van der Waals surface area contributed by atoms with E-state index in [0.717, 1.165) is 18.2 Å². The van der Waals surface area contributed by atoms with Crippen LogP contribution in [-0.2, 0) is 0 Å². The van der Waals surface area contributed by atoms with E-state index in [1.54, 1.807) is 12.1 Å². The Morgan fingerprint density at radius 3 is 2.86 bits per heavy atom. The van der Waals surface area contributed by atoms with Crippen LogP contribution in [0.25, 0.3) is 0 Å². The van der Waals surface area contributed by atoms with Gasteiger partial charge >= 0.3 is 0 Å². The molecule has 1 aliphatic rings. The van der Waals surface area contributed by atoms with E-state index in [-0.39, 0.29) is 16.1 Å². The second-order valence-electron chi connectivity index (χ2n) is 6.48. The van der Waals surface area contributed by atoms with Gasteiger partial charge in [-0.1, -0.05) is 25.8 Å². The summed E-state index contributed by atoms with van der Waals surface area (Å²) in [5.41, 5.74) is 1.10. The van der Waals surface area contributed by atoms with Crippen molar-refractivity contribution in [2.24, 2.45) is 5.92 Å². The van der Waals surface area contributed by atoms with Crippen molar-refractivity contribution in [3.63, 3.8) is 0 Å². The van der Waals surface area contributed by atoms with E-state index in [9.17, 15) is 10.1 Å². The normalized spacial score (nSPS) is 25.8. The van der Waals surface area contributed by atoms with Crippen LogP contribution in [0.15, 0.2) is 24.3 Å². The maximum Gasteiger partial charge on any atom is 0.271 e. The van der Waals surface area contributed by atoms with Crippen molar-refractivity contribution in [1.82, 2.24) is 4.90 Å². The molecule has 5 nitrogen and oxygen atoms in total. The Morgan fingerprint density at radius 1 is 1.48 bits per heavy atom. The van der Waals surface area contributed by atoms with Crippen LogP contribution in [0.4, 0.5) is 11.4 Å². The zero-order chi connectivity index (χ0) is 15.5. The number of rotatable bonds is 5. The molecule has 0 aromatic heterocycles. The Hall–Kier alpha value is -1.62. The highest BCUT2D eigenvalue weighted by Gasteiger charge is 2.36. The first-order chi connectivity index (χ1) is 9.93. The fourth-order valence-electron chi connectivity index (χ4n) is 3.35. The van der Waals surface area contributed by atoms with E-state index < -0.39 is 0 Å². The van der Waals surface area contributed by atoms with Gasteiger partial charge in [-0.25, -0.2) is 0 Å². The number of nitrogens with one attached hydrogen (secondary N) is 1. The quantitative estimate of drug-likeness (QED) is 0.666. The number of non-ortho nitro benzene ring substituents is 1. The molecule has 0 saturated heterocycles. The molecule has 1 fully saturated rings. The van der Waals surface area contributed by atoms with Crippen LogP contribution >= 0.6 is 0 Å². The highest BCUT2D eigenvalue weighted by molar-refractivity contribution is 5.51. The van der Waals surface area contributed by atoms with Gasteiger partial charge in [-0.05, 0) is 38.9 Å². The first-order valence-corrected chi connectivity index (χ1v) is 7.59. The van der Waals surface area contributed by atoms with Crippen LogP contribution in [-0.4, -0.2) is 36.0 Å². The molecular formula is C16H25N3O2. The fraction of sp³-hybridized carbons (Fsp3) is 0.625. The van der Waals surface area contributed by atoms with Gasteiger partial charge in [-0.3, -0.25) is 10.1 Å². The first-order valence-electron chi connectivity index (χ1n) is 7.59. The minimum atomic E-state index is -0.352. The number of benzene rings is 1. The van der Waals surface area contributed by atoms with Crippen molar-refractivity contribution < 1.29 is 4.92 Å². The summed E-state index contributed by atoms with van der Waals surface area (Å²) in [4.78, 5) is 12.8. The van der Waals surface area contributed by atoms with Gasteiger partial charge < -0.3 is 10.2 Å². The molecular weight excluding hydrogens is 266 g/mol. The molecule has 1 aromatic rings. The minimum absolute atomic E-state index is 0.135. The van der Waals surface area contributed by atoms with Gasteiger partial charge in [0.15, 0.2) is 0 Å². The molecule has 0 aliphatic heterocycles. The molecule has 0 amide bonds. The number of nitrogens with zero attached hydrogens (tertiary/aromatic N) is 2. The van der Waals surface area contributed by atoms with Crippen molar-refractivity contribution in [2.75, 3.05) is 26.0 Å². The number of nitro benzene ring substituents is 1. The van der Waals surface area contributed by atoms with Crippen molar-refractivity contribution in [3.05, 3.63) is 34.4 Å². The van der Waals surface area contributed by atoms with Crippen molar-refractivity contribution in [1.29, 1.82) is 0 Å². The lowest BCUT2D eigenvalue weighted by Gasteiger charge is -2.45. The van der Waals surface area contributed by atoms with E-state index >= 15 is 0 Å². The van der Waals surface area contributed by atoms with Crippen LogP contribution in [0.2, 0.25) is 0 Å². The molecule has 0 heterocycles. The van der Waals surface area contributed by atoms with Crippen LogP contribution < -0.4 is 5.32 Å². The lowest BCUT2D eigenvalue weighted by Crippen LogP contribution is -2.52. The highest BCUT2D eigenvalue weighted by Crippen LogP contribution is 2.36. The van der Waals surface area contributed by atoms with Crippen LogP contribution in [0.1, 0.15) is 32.6 Å². The summed E-state index contributed by atoms with van der Waals surface area (Å²) >= 11 is 0. The molecule has 2 rings (SSSR count). The molecule has 2 atom stereocenters. The zero-order valence-corrected chi connectivity index (χ0v) is 13.1. The van der Waals surface area contributed by atoms with Gasteiger partial charge in [-0.2, -0.15) is 0 Å². The number of anilines is 1. The Labute approximate surface area is 126 Å².